The number of hydrogen-bond acceptors (Lipinski definition) is 0. The Morgan fingerprint density at radius 2 is 1.77 bits per heavy atom. The summed E-state index contributed by atoms with van der Waals surface area (Å²) in [5.74, 6) is 0. The highest BCUT2D eigenvalue weighted by Gasteiger charge is 2.45. The van der Waals surface area contributed by atoms with Crippen molar-refractivity contribution in [1.82, 2.24) is 0 Å². The van der Waals surface area contributed by atoms with Gasteiger partial charge in [0.2, 0.25) is 0 Å². The van der Waals surface area contributed by atoms with E-state index in [0.717, 1.165) is 17.6 Å². The molecular weight excluding hydrogens is 264 g/mol. The summed E-state index contributed by atoms with van der Waals surface area (Å²) < 4.78 is 0. The van der Waals surface area contributed by atoms with E-state index in [1.165, 1.54) is 29.5 Å². The third-order valence-corrected chi connectivity index (χ3v) is 4.61. The normalized spacial score (nSPS) is 18.3. The molecule has 0 atom stereocenters. The Bertz CT molecular complexity index is 718. The van der Waals surface area contributed by atoms with Gasteiger partial charge in [-0.3, -0.25) is 0 Å². The second kappa shape index (κ2) is 5.81. The number of fused-ring (bicyclic) bond motifs is 1. The SMILES string of the molecule is C=C/C=C\C(=C)C(=C)/C=C\C1(C2=CCc3ccccc32)CC1. The van der Waals surface area contributed by atoms with Gasteiger partial charge in [0, 0.05) is 5.41 Å². The molecule has 1 fully saturated rings. The van der Waals surface area contributed by atoms with Crippen LogP contribution in [0.3, 0.4) is 0 Å². The molecule has 3 rings (SSSR count). The first-order valence-corrected chi connectivity index (χ1v) is 7.82. The average molecular weight is 286 g/mol. The van der Waals surface area contributed by atoms with Gasteiger partial charge in [-0.05, 0) is 47.1 Å². The molecule has 22 heavy (non-hydrogen) atoms. The van der Waals surface area contributed by atoms with Gasteiger partial charge in [0.15, 0.2) is 0 Å². The molecule has 1 saturated carbocycles. The molecule has 2 aliphatic carbocycles. The summed E-state index contributed by atoms with van der Waals surface area (Å²) >= 11 is 0. The first kappa shape index (κ1) is 14.6. The second-order valence-corrected chi connectivity index (χ2v) is 6.11. The molecule has 0 aromatic heterocycles. The van der Waals surface area contributed by atoms with Crippen molar-refractivity contribution in [3.8, 4) is 0 Å². The predicted octanol–water partition coefficient (Wildman–Crippen LogP) is 5.82. The molecule has 0 amide bonds. The third kappa shape index (κ3) is 2.69. The van der Waals surface area contributed by atoms with Crippen molar-refractivity contribution >= 4 is 5.57 Å². The molecule has 0 saturated heterocycles. The van der Waals surface area contributed by atoms with E-state index in [-0.39, 0.29) is 5.41 Å². The van der Waals surface area contributed by atoms with E-state index in [0.29, 0.717) is 0 Å². The van der Waals surface area contributed by atoms with Crippen LogP contribution in [-0.2, 0) is 6.42 Å². The van der Waals surface area contributed by atoms with E-state index in [4.69, 9.17) is 0 Å². The molecule has 0 bridgehead atoms. The summed E-state index contributed by atoms with van der Waals surface area (Å²) in [6, 6.07) is 8.75. The van der Waals surface area contributed by atoms with Gasteiger partial charge in [0.1, 0.15) is 0 Å². The smallest absolute Gasteiger partial charge is 0.0139 e. The molecule has 1 aromatic carbocycles. The van der Waals surface area contributed by atoms with Crippen LogP contribution >= 0.6 is 0 Å². The Labute approximate surface area is 133 Å². The minimum Gasteiger partial charge on any atom is -0.0991 e. The Balaban J connectivity index is 1.77. The van der Waals surface area contributed by atoms with E-state index >= 15 is 0 Å². The molecule has 110 valence electrons. The van der Waals surface area contributed by atoms with Crippen LogP contribution in [0.5, 0.6) is 0 Å². The highest BCUT2D eigenvalue weighted by atomic mass is 14.5. The van der Waals surface area contributed by atoms with Gasteiger partial charge in [0.05, 0.1) is 0 Å². The van der Waals surface area contributed by atoms with Crippen molar-refractivity contribution in [1.29, 1.82) is 0 Å². The van der Waals surface area contributed by atoms with Gasteiger partial charge < -0.3 is 0 Å². The maximum Gasteiger partial charge on any atom is 0.0139 e. The lowest BCUT2D eigenvalue weighted by atomic mass is 9.89. The molecule has 2 aliphatic rings. The summed E-state index contributed by atoms with van der Waals surface area (Å²) in [4.78, 5) is 0. The molecule has 0 N–H and O–H groups in total. The maximum absolute atomic E-state index is 4.12. The zero-order valence-electron chi connectivity index (χ0n) is 13.0. The van der Waals surface area contributed by atoms with E-state index in [9.17, 15) is 0 Å². The monoisotopic (exact) mass is 286 g/mol. The minimum atomic E-state index is 0.220. The number of allylic oxidation sites excluding steroid dienone is 9. The number of rotatable bonds is 6. The van der Waals surface area contributed by atoms with E-state index in [2.05, 4.69) is 62.2 Å². The molecule has 1 aromatic rings. The highest BCUT2D eigenvalue weighted by Crippen LogP contribution is 2.58. The van der Waals surface area contributed by atoms with Crippen molar-refractivity contribution in [2.24, 2.45) is 5.41 Å². The summed E-state index contributed by atoms with van der Waals surface area (Å²) in [7, 11) is 0. The molecule has 0 heteroatoms. The summed E-state index contributed by atoms with van der Waals surface area (Å²) in [6.45, 7) is 11.8. The van der Waals surface area contributed by atoms with Gasteiger partial charge >= 0.3 is 0 Å². The standard InChI is InChI=1S/C22H22/c1-4-5-8-17(2)18(3)13-14-22(15-16-22)21-12-11-19-9-6-7-10-20(19)21/h4-10,12-14H,1-3,11,15-16H2/b8-5-,14-13-. The van der Waals surface area contributed by atoms with E-state index < -0.39 is 0 Å². The summed E-state index contributed by atoms with van der Waals surface area (Å²) in [5, 5.41) is 0. The van der Waals surface area contributed by atoms with E-state index in [1.54, 1.807) is 6.08 Å². The lowest BCUT2D eigenvalue weighted by Gasteiger charge is -2.14. The topological polar surface area (TPSA) is 0 Å². The maximum atomic E-state index is 4.12. The van der Waals surface area contributed by atoms with Crippen molar-refractivity contribution in [3.05, 3.63) is 103 Å². The van der Waals surface area contributed by atoms with Crippen molar-refractivity contribution < 1.29 is 0 Å². The highest BCUT2D eigenvalue weighted by molar-refractivity contribution is 5.80. The summed E-state index contributed by atoms with van der Waals surface area (Å²) in [5.41, 5.74) is 6.51. The quantitative estimate of drug-likeness (QED) is 0.578. The van der Waals surface area contributed by atoms with Gasteiger partial charge in [-0.25, -0.2) is 0 Å². The second-order valence-electron chi connectivity index (χ2n) is 6.11. The van der Waals surface area contributed by atoms with Gasteiger partial charge in [-0.15, -0.1) is 0 Å². The Morgan fingerprint density at radius 3 is 2.50 bits per heavy atom. The molecule has 0 spiro atoms. The van der Waals surface area contributed by atoms with Crippen LogP contribution in [0, 0.1) is 5.41 Å². The minimum absolute atomic E-state index is 0.220. The Morgan fingerprint density at radius 1 is 1.05 bits per heavy atom. The molecule has 0 aliphatic heterocycles. The predicted molar refractivity (Wildman–Crippen MR) is 96.5 cm³/mol. The summed E-state index contributed by atoms with van der Waals surface area (Å²) in [6.07, 6.45) is 16.0. The fourth-order valence-corrected chi connectivity index (χ4v) is 3.07. The van der Waals surface area contributed by atoms with Gasteiger partial charge in [-0.1, -0.05) is 80.5 Å². The van der Waals surface area contributed by atoms with Crippen molar-refractivity contribution in [3.63, 3.8) is 0 Å². The number of benzene rings is 1. The van der Waals surface area contributed by atoms with E-state index in [1.807, 2.05) is 12.2 Å². The lowest BCUT2D eigenvalue weighted by molar-refractivity contribution is 0.885. The van der Waals surface area contributed by atoms with Crippen LogP contribution in [0.15, 0.2) is 91.6 Å². The van der Waals surface area contributed by atoms with Crippen molar-refractivity contribution in [2.75, 3.05) is 0 Å². The van der Waals surface area contributed by atoms with Crippen LogP contribution in [-0.4, -0.2) is 0 Å². The molecule has 0 nitrogen and oxygen atoms in total. The first-order valence-electron chi connectivity index (χ1n) is 7.82. The van der Waals surface area contributed by atoms with Crippen LogP contribution in [0.4, 0.5) is 0 Å². The van der Waals surface area contributed by atoms with Crippen LogP contribution in [0.2, 0.25) is 0 Å². The van der Waals surface area contributed by atoms with Gasteiger partial charge in [-0.2, -0.15) is 0 Å². The zero-order chi connectivity index (χ0) is 15.6. The zero-order valence-corrected chi connectivity index (χ0v) is 13.0. The number of hydrogen-bond donors (Lipinski definition) is 0. The fraction of sp³-hybridized carbons (Fsp3) is 0.182. The Kier molecular flexibility index (Phi) is 3.85. The van der Waals surface area contributed by atoms with Crippen LogP contribution in [0.25, 0.3) is 5.57 Å². The average Bonchev–Trinajstić information content (AvgIpc) is 3.20. The van der Waals surface area contributed by atoms with Crippen LogP contribution in [0.1, 0.15) is 24.0 Å². The van der Waals surface area contributed by atoms with Crippen molar-refractivity contribution in [2.45, 2.75) is 19.3 Å². The lowest BCUT2D eigenvalue weighted by Crippen LogP contribution is -1.99. The molecule has 0 radical (unpaired) electrons. The molecule has 0 unspecified atom stereocenters. The third-order valence-electron chi connectivity index (χ3n) is 4.61. The largest absolute Gasteiger partial charge is 0.0991 e. The van der Waals surface area contributed by atoms with Crippen LogP contribution < -0.4 is 0 Å². The molecular formula is C22H22. The molecule has 0 heterocycles. The first-order chi connectivity index (χ1) is 10.7. The fourth-order valence-electron chi connectivity index (χ4n) is 3.07. The Hall–Kier alpha value is -2.34. The van der Waals surface area contributed by atoms with Gasteiger partial charge in [0.25, 0.3) is 0 Å².